The molecule has 1 spiro atoms. The van der Waals surface area contributed by atoms with Gasteiger partial charge in [-0.15, -0.1) is 0 Å². The van der Waals surface area contributed by atoms with Crippen LogP contribution in [-0.2, 0) is 0 Å². The number of benzene rings is 2. The zero-order valence-corrected chi connectivity index (χ0v) is 27.6. The second kappa shape index (κ2) is 12.8. The maximum atomic E-state index is 14.4. The molecule has 44 heavy (non-hydrogen) atoms. The summed E-state index contributed by atoms with van der Waals surface area (Å²) in [5.74, 6) is 1.05. The summed E-state index contributed by atoms with van der Waals surface area (Å²) in [6.45, 7) is 13.3. The molecule has 3 aromatic rings. The largest absolute Gasteiger partial charge is 0.345 e. The lowest BCUT2D eigenvalue weighted by Gasteiger charge is -2.50. The number of carbonyl (C=O) groups excluding carboxylic acids is 1. The Hall–Kier alpha value is -2.94. The van der Waals surface area contributed by atoms with E-state index in [2.05, 4.69) is 28.5 Å². The summed E-state index contributed by atoms with van der Waals surface area (Å²) < 4.78 is 3.75. The highest BCUT2D eigenvalue weighted by molar-refractivity contribution is 8.00. The number of hydrogen-bond donors (Lipinski definition) is 2. The number of quaternary nitrogens is 1. The molecule has 1 aromatic heterocycles. The summed E-state index contributed by atoms with van der Waals surface area (Å²) >= 11 is 1.36. The molecular formula is C36H48N5O2S+. The van der Waals surface area contributed by atoms with E-state index in [9.17, 15) is 9.59 Å². The Morgan fingerprint density at radius 1 is 1.05 bits per heavy atom. The Labute approximate surface area is 266 Å². The fraction of sp³-hybridized carbons (Fsp3) is 0.528. The van der Waals surface area contributed by atoms with Crippen LogP contribution in [0.25, 0.3) is 11.3 Å². The van der Waals surface area contributed by atoms with Crippen LogP contribution in [0.1, 0.15) is 80.3 Å². The highest BCUT2D eigenvalue weighted by atomic mass is 32.2. The first-order valence-corrected chi connectivity index (χ1v) is 17.3. The van der Waals surface area contributed by atoms with Gasteiger partial charge in [0.15, 0.2) is 0 Å². The predicted molar refractivity (Wildman–Crippen MR) is 180 cm³/mol. The normalized spacial score (nSPS) is 22.2. The lowest BCUT2D eigenvalue weighted by Crippen LogP contribution is -2.57. The molecule has 8 heteroatoms. The number of hydrogen-bond acceptors (Lipinski definition) is 6. The number of rotatable bonds is 8. The molecule has 2 heterocycles. The van der Waals surface area contributed by atoms with E-state index in [-0.39, 0.29) is 11.5 Å². The molecule has 3 fully saturated rings. The van der Waals surface area contributed by atoms with Crippen LogP contribution in [0.3, 0.4) is 0 Å². The smallest absolute Gasteiger partial charge is 0.296 e. The number of nitrogens with one attached hydrogen (secondary N) is 2. The van der Waals surface area contributed by atoms with Crippen molar-refractivity contribution < 1.29 is 9.28 Å². The summed E-state index contributed by atoms with van der Waals surface area (Å²) in [4.78, 5) is 38.1. The first kappa shape index (κ1) is 31.1. The van der Waals surface area contributed by atoms with Gasteiger partial charge in [0.25, 0.3) is 5.56 Å². The summed E-state index contributed by atoms with van der Waals surface area (Å²) in [5.41, 5.74) is 4.97. The van der Waals surface area contributed by atoms with Crippen molar-refractivity contribution >= 4 is 23.8 Å². The van der Waals surface area contributed by atoms with Gasteiger partial charge in [0, 0.05) is 48.0 Å². The van der Waals surface area contributed by atoms with Gasteiger partial charge in [0.2, 0.25) is 5.95 Å². The number of carbonyl (C=O) groups is 1. The molecule has 0 bridgehead atoms. The van der Waals surface area contributed by atoms with Crippen molar-refractivity contribution in [3.8, 4) is 11.3 Å². The van der Waals surface area contributed by atoms with E-state index in [1.165, 1.54) is 50.5 Å². The van der Waals surface area contributed by atoms with Crippen LogP contribution in [-0.4, -0.2) is 64.0 Å². The number of H-pyrrole nitrogens is 1. The minimum absolute atomic E-state index is 0.208. The quantitative estimate of drug-likeness (QED) is 0.206. The number of aryl methyl sites for hydroxylation is 2. The molecule has 2 aromatic carbocycles. The van der Waals surface area contributed by atoms with Gasteiger partial charge in [-0.05, 0) is 86.2 Å². The minimum Gasteiger partial charge on any atom is -0.296 e. The number of nitrogens with zero attached hydrogens (tertiary/aromatic N) is 3. The molecule has 6 rings (SSSR count). The maximum absolute atomic E-state index is 14.4. The van der Waals surface area contributed by atoms with E-state index < -0.39 is 0 Å². The van der Waals surface area contributed by atoms with Crippen molar-refractivity contribution in [3.05, 3.63) is 75.6 Å². The second-order valence-electron chi connectivity index (χ2n) is 14.1. The van der Waals surface area contributed by atoms with E-state index in [4.69, 9.17) is 4.98 Å². The molecule has 2 saturated carbocycles. The average molecular weight is 615 g/mol. The standard InChI is InChI=1S/C36H47N5O2S/c1-25(2)24-41(18-9-16-40(17-19-41)29-22-36(23-29)14-5-6-15-36)34(43)28-12-8-13-30(20-28)44-39-35-37-31(21-32(42)38-35)33-26(3)10-7-11-27(33)4/h7-8,10-13,20-21,25,29H,5-6,9,14-19,22-24H2,1-4H3,(H-,37,38,39,42)/p+1. The first-order chi connectivity index (χ1) is 21.2. The number of aromatic nitrogens is 2. The monoisotopic (exact) mass is 614 g/mol. The van der Waals surface area contributed by atoms with Crippen LogP contribution >= 0.6 is 11.9 Å². The second-order valence-corrected chi connectivity index (χ2v) is 15.0. The maximum Gasteiger partial charge on any atom is 0.345 e. The molecule has 2 aliphatic carbocycles. The minimum atomic E-state index is -0.208. The molecule has 1 unspecified atom stereocenters. The molecule has 2 N–H and O–H groups in total. The third kappa shape index (κ3) is 6.53. The Morgan fingerprint density at radius 3 is 2.50 bits per heavy atom. The number of anilines is 1. The van der Waals surface area contributed by atoms with Crippen LogP contribution in [0.2, 0.25) is 0 Å². The molecule has 1 aliphatic heterocycles. The lowest BCUT2D eigenvalue weighted by molar-refractivity contribution is -0.850. The van der Waals surface area contributed by atoms with Crippen LogP contribution in [0, 0.1) is 25.2 Å². The fourth-order valence-electron chi connectivity index (χ4n) is 8.31. The molecule has 1 saturated heterocycles. The molecule has 1 atom stereocenters. The van der Waals surface area contributed by atoms with Crippen LogP contribution in [0.15, 0.2) is 58.2 Å². The van der Waals surface area contributed by atoms with Crippen LogP contribution in [0.4, 0.5) is 5.95 Å². The van der Waals surface area contributed by atoms with E-state index in [1.807, 2.05) is 56.3 Å². The third-order valence-corrected chi connectivity index (χ3v) is 11.1. The van der Waals surface area contributed by atoms with Gasteiger partial charge in [-0.2, -0.15) is 0 Å². The van der Waals surface area contributed by atoms with Crippen molar-refractivity contribution in [1.82, 2.24) is 14.9 Å². The van der Waals surface area contributed by atoms with Crippen LogP contribution < -0.4 is 10.3 Å². The van der Waals surface area contributed by atoms with Gasteiger partial charge < -0.3 is 0 Å². The highest BCUT2D eigenvalue weighted by Crippen LogP contribution is 2.54. The van der Waals surface area contributed by atoms with Gasteiger partial charge >= 0.3 is 5.91 Å². The number of amides is 1. The summed E-state index contributed by atoms with van der Waals surface area (Å²) in [6, 6.07) is 16.2. The summed E-state index contributed by atoms with van der Waals surface area (Å²) in [6.07, 6.45) is 9.48. The zero-order chi connectivity index (χ0) is 30.9. The summed E-state index contributed by atoms with van der Waals surface area (Å²) in [5, 5.41) is 0. The van der Waals surface area contributed by atoms with Gasteiger partial charge in [-0.3, -0.25) is 23.9 Å². The number of aromatic amines is 1. The van der Waals surface area contributed by atoms with Gasteiger partial charge in [-0.1, -0.05) is 51.0 Å². The third-order valence-electron chi connectivity index (χ3n) is 10.3. The first-order valence-electron chi connectivity index (χ1n) is 16.5. The highest BCUT2D eigenvalue weighted by Gasteiger charge is 2.49. The summed E-state index contributed by atoms with van der Waals surface area (Å²) in [7, 11) is 0. The average Bonchev–Trinajstić information content (AvgIpc) is 3.38. The van der Waals surface area contributed by atoms with Gasteiger partial charge in [-0.25, -0.2) is 9.78 Å². The Kier molecular flexibility index (Phi) is 9.05. The molecule has 3 aliphatic rings. The van der Waals surface area contributed by atoms with Crippen LogP contribution in [0.5, 0.6) is 0 Å². The van der Waals surface area contributed by atoms with Crippen molar-refractivity contribution in [3.63, 3.8) is 0 Å². The Morgan fingerprint density at radius 2 is 1.77 bits per heavy atom. The Balaban J connectivity index is 1.16. The molecule has 0 radical (unpaired) electrons. The van der Waals surface area contributed by atoms with Crippen molar-refractivity contribution in [2.75, 3.05) is 37.4 Å². The van der Waals surface area contributed by atoms with E-state index in [1.54, 1.807) is 6.07 Å². The molecular weight excluding hydrogens is 566 g/mol. The van der Waals surface area contributed by atoms with Crippen molar-refractivity contribution in [1.29, 1.82) is 0 Å². The van der Waals surface area contributed by atoms with Crippen molar-refractivity contribution in [2.45, 2.75) is 83.6 Å². The van der Waals surface area contributed by atoms with Gasteiger partial charge in [0.05, 0.1) is 30.9 Å². The topological polar surface area (TPSA) is 78.1 Å². The predicted octanol–water partition coefficient (Wildman–Crippen LogP) is 7.21. The molecule has 7 nitrogen and oxygen atoms in total. The zero-order valence-electron chi connectivity index (χ0n) is 26.8. The Bertz CT molecular complexity index is 1530. The van der Waals surface area contributed by atoms with E-state index in [0.29, 0.717) is 33.5 Å². The molecule has 1 amide bonds. The van der Waals surface area contributed by atoms with E-state index >= 15 is 0 Å². The SMILES string of the molecule is Cc1cccc(C)c1-c1cc(=O)[nH]c(NSc2cccc(C(=O)[N+]3(CC(C)C)CCCN(C4CC5(CCCC5)C4)CC3)c2)n1. The van der Waals surface area contributed by atoms with E-state index in [0.717, 1.165) is 66.3 Å². The van der Waals surface area contributed by atoms with Gasteiger partial charge in [0.1, 0.15) is 0 Å². The molecule has 234 valence electrons. The fourth-order valence-corrected chi connectivity index (χ4v) is 8.95. The van der Waals surface area contributed by atoms with Crippen molar-refractivity contribution in [2.24, 2.45) is 11.3 Å². The lowest BCUT2D eigenvalue weighted by atomic mass is 9.64.